The van der Waals surface area contributed by atoms with Crippen molar-refractivity contribution in [3.8, 4) is 11.5 Å². The van der Waals surface area contributed by atoms with E-state index in [9.17, 15) is 0 Å². The van der Waals surface area contributed by atoms with Crippen LogP contribution in [-0.4, -0.2) is 26.7 Å². The summed E-state index contributed by atoms with van der Waals surface area (Å²) in [4.78, 5) is 2.41. The standard InChI is InChI=1S/C16H22O3S4/c1-17-13-5-9-15(10-6-13)20-22(3)19-23(4)21-16-11-7-14(18-2)8-12-16/h5-12,22-23H,1-4H3. The number of hydrogen-bond acceptors (Lipinski definition) is 5. The highest BCUT2D eigenvalue weighted by molar-refractivity contribution is 8.90. The molecule has 0 N–H and O–H groups in total. The molecule has 128 valence electrons. The maximum atomic E-state index is 6.16. The second-order valence-electron chi connectivity index (χ2n) is 4.49. The molecular formula is C16H22O3S4. The summed E-state index contributed by atoms with van der Waals surface area (Å²) in [7, 11) is 5.80. The summed E-state index contributed by atoms with van der Waals surface area (Å²) in [6.07, 6.45) is 4.30. The number of thiol groups is 2. The predicted octanol–water partition coefficient (Wildman–Crippen LogP) is 5.53. The first-order valence-corrected chi connectivity index (χ1v) is 13.2. The van der Waals surface area contributed by atoms with Crippen LogP contribution in [0.2, 0.25) is 0 Å². The second kappa shape index (κ2) is 9.64. The van der Waals surface area contributed by atoms with Crippen molar-refractivity contribution >= 4 is 42.0 Å². The van der Waals surface area contributed by atoms with Crippen molar-refractivity contribution < 1.29 is 13.1 Å². The molecule has 3 nitrogen and oxygen atoms in total. The van der Waals surface area contributed by atoms with E-state index in [-0.39, 0.29) is 0 Å². The van der Waals surface area contributed by atoms with Crippen molar-refractivity contribution in [2.75, 3.05) is 26.7 Å². The first-order chi connectivity index (χ1) is 11.1. The third-order valence-corrected chi connectivity index (χ3v) is 10.1. The molecular weight excluding hydrogens is 368 g/mol. The summed E-state index contributed by atoms with van der Waals surface area (Å²) in [5, 5.41) is 0. The molecule has 0 radical (unpaired) electrons. The lowest BCUT2D eigenvalue weighted by Gasteiger charge is -2.23. The monoisotopic (exact) mass is 390 g/mol. The van der Waals surface area contributed by atoms with Gasteiger partial charge < -0.3 is 9.47 Å². The Hall–Kier alpha value is -0.600. The van der Waals surface area contributed by atoms with Crippen molar-refractivity contribution in [3.05, 3.63) is 48.5 Å². The molecule has 7 heteroatoms. The summed E-state index contributed by atoms with van der Waals surface area (Å²) in [6, 6.07) is 16.2. The summed E-state index contributed by atoms with van der Waals surface area (Å²) < 4.78 is 16.5. The maximum absolute atomic E-state index is 6.16. The average molecular weight is 391 g/mol. The molecule has 0 aliphatic carbocycles. The summed E-state index contributed by atoms with van der Waals surface area (Å²) in [5.41, 5.74) is 0. The van der Waals surface area contributed by atoms with Crippen LogP contribution < -0.4 is 9.47 Å². The van der Waals surface area contributed by atoms with Crippen molar-refractivity contribution in [1.82, 2.24) is 0 Å². The van der Waals surface area contributed by atoms with E-state index in [2.05, 4.69) is 36.8 Å². The average Bonchev–Trinajstić information content (AvgIpc) is 2.56. The van der Waals surface area contributed by atoms with Crippen LogP contribution in [0.3, 0.4) is 0 Å². The third kappa shape index (κ3) is 6.43. The second-order valence-corrected chi connectivity index (χ2v) is 12.4. The Morgan fingerprint density at radius 3 is 1.30 bits per heavy atom. The minimum Gasteiger partial charge on any atom is -0.497 e. The van der Waals surface area contributed by atoms with Gasteiger partial charge in [-0.3, -0.25) is 3.63 Å². The SMILES string of the molecule is COc1ccc(S[SH](C)O[SH](C)Sc2ccc(OC)cc2)cc1. The van der Waals surface area contributed by atoms with Crippen molar-refractivity contribution in [3.63, 3.8) is 0 Å². The smallest absolute Gasteiger partial charge is 0.118 e. The molecule has 0 saturated carbocycles. The molecule has 0 aliphatic heterocycles. The first kappa shape index (κ1) is 18.7. The number of benzene rings is 2. The van der Waals surface area contributed by atoms with Gasteiger partial charge >= 0.3 is 0 Å². The van der Waals surface area contributed by atoms with Crippen LogP contribution in [-0.2, 0) is 3.63 Å². The molecule has 0 aromatic heterocycles. The van der Waals surface area contributed by atoms with Crippen molar-refractivity contribution in [1.29, 1.82) is 0 Å². The van der Waals surface area contributed by atoms with Crippen LogP contribution in [0.5, 0.6) is 11.5 Å². The zero-order valence-electron chi connectivity index (χ0n) is 13.6. The summed E-state index contributed by atoms with van der Waals surface area (Å²) in [6.45, 7) is 0. The fraction of sp³-hybridized carbons (Fsp3) is 0.250. The largest absolute Gasteiger partial charge is 0.497 e. The Bertz CT molecular complexity index is 536. The number of ether oxygens (including phenoxy) is 2. The lowest BCUT2D eigenvalue weighted by Crippen LogP contribution is -1.83. The number of methoxy groups -OCH3 is 2. The van der Waals surface area contributed by atoms with E-state index >= 15 is 0 Å². The van der Waals surface area contributed by atoms with Crippen LogP contribution in [0.1, 0.15) is 0 Å². The van der Waals surface area contributed by atoms with Gasteiger partial charge in [-0.25, -0.2) is 0 Å². The van der Waals surface area contributed by atoms with E-state index in [0.717, 1.165) is 11.5 Å². The first-order valence-electron chi connectivity index (χ1n) is 6.90. The van der Waals surface area contributed by atoms with Gasteiger partial charge in [0, 0.05) is 9.79 Å². The highest BCUT2D eigenvalue weighted by Crippen LogP contribution is 2.55. The van der Waals surface area contributed by atoms with Gasteiger partial charge in [-0.15, -0.1) is 0 Å². The van der Waals surface area contributed by atoms with Gasteiger partial charge in [-0.1, -0.05) is 42.0 Å². The van der Waals surface area contributed by atoms with Gasteiger partial charge in [0.2, 0.25) is 0 Å². The molecule has 0 fully saturated rings. The van der Waals surface area contributed by atoms with E-state index in [1.807, 2.05) is 24.3 Å². The van der Waals surface area contributed by atoms with Gasteiger partial charge in [0.05, 0.1) is 14.2 Å². The molecule has 0 saturated heterocycles. The molecule has 2 rings (SSSR count). The molecule has 0 spiro atoms. The van der Waals surface area contributed by atoms with E-state index in [1.54, 1.807) is 35.8 Å². The fourth-order valence-electron chi connectivity index (χ4n) is 1.77. The van der Waals surface area contributed by atoms with Crippen LogP contribution in [0.25, 0.3) is 0 Å². The Morgan fingerprint density at radius 1 is 0.652 bits per heavy atom. The Kier molecular flexibility index (Phi) is 7.85. The third-order valence-electron chi connectivity index (χ3n) is 2.82. The molecule has 0 bridgehead atoms. The van der Waals surface area contributed by atoms with Crippen molar-refractivity contribution in [2.45, 2.75) is 9.79 Å². The van der Waals surface area contributed by atoms with Gasteiger partial charge in [0.15, 0.2) is 0 Å². The quantitative estimate of drug-likeness (QED) is 0.457. The minimum atomic E-state index is -0.557. The highest BCUT2D eigenvalue weighted by atomic mass is 33.2. The minimum absolute atomic E-state index is 0.557. The Balaban J connectivity index is 1.82. The molecule has 0 aliphatic rings. The number of hydrogen-bond donors (Lipinski definition) is 2. The molecule has 0 heterocycles. The zero-order valence-corrected chi connectivity index (χ0v) is 17.0. The topological polar surface area (TPSA) is 27.7 Å². The molecule has 2 atom stereocenters. The van der Waals surface area contributed by atoms with E-state index in [4.69, 9.17) is 13.1 Å². The van der Waals surface area contributed by atoms with Gasteiger partial charge in [-0.05, 0) is 61.0 Å². The van der Waals surface area contributed by atoms with Gasteiger partial charge in [-0.2, -0.15) is 0 Å². The van der Waals surface area contributed by atoms with Crippen LogP contribution in [0.4, 0.5) is 0 Å². The summed E-state index contributed by atoms with van der Waals surface area (Å²) in [5.74, 6) is 1.76. The number of rotatable bonds is 8. The van der Waals surface area contributed by atoms with Crippen molar-refractivity contribution in [2.24, 2.45) is 0 Å². The van der Waals surface area contributed by atoms with E-state index < -0.39 is 20.4 Å². The summed E-state index contributed by atoms with van der Waals surface area (Å²) >= 11 is 0. The molecule has 2 aromatic carbocycles. The van der Waals surface area contributed by atoms with Crippen LogP contribution >= 0.6 is 42.0 Å². The van der Waals surface area contributed by atoms with Gasteiger partial charge in [0.1, 0.15) is 11.5 Å². The van der Waals surface area contributed by atoms with Gasteiger partial charge in [0.25, 0.3) is 0 Å². The molecule has 2 aromatic rings. The molecule has 23 heavy (non-hydrogen) atoms. The lowest BCUT2D eigenvalue weighted by molar-refractivity contribution is 0.414. The van der Waals surface area contributed by atoms with Crippen LogP contribution in [0.15, 0.2) is 58.3 Å². The van der Waals surface area contributed by atoms with Crippen LogP contribution in [0, 0.1) is 0 Å². The maximum Gasteiger partial charge on any atom is 0.118 e. The lowest BCUT2D eigenvalue weighted by atomic mass is 10.3. The highest BCUT2D eigenvalue weighted by Gasteiger charge is 2.07. The Morgan fingerprint density at radius 2 is 1.00 bits per heavy atom. The predicted molar refractivity (Wildman–Crippen MR) is 109 cm³/mol. The van der Waals surface area contributed by atoms with E-state index in [1.165, 1.54) is 9.79 Å². The zero-order chi connectivity index (χ0) is 16.7. The Labute approximate surface area is 151 Å². The normalized spacial score (nSPS) is 15.0. The molecule has 0 amide bonds. The molecule has 2 unspecified atom stereocenters. The van der Waals surface area contributed by atoms with E-state index in [0.29, 0.717) is 0 Å². The fourth-order valence-corrected chi connectivity index (χ4v) is 9.73.